The topological polar surface area (TPSA) is 12.0 Å². The molecule has 0 aliphatic heterocycles. The lowest BCUT2D eigenvalue weighted by atomic mass is 9.79. The zero-order valence-electron chi connectivity index (χ0n) is 13.8. The summed E-state index contributed by atoms with van der Waals surface area (Å²) in [5.74, 6) is 0. The summed E-state index contributed by atoms with van der Waals surface area (Å²) in [5.41, 5.74) is 3.33. The predicted octanol–water partition coefficient (Wildman–Crippen LogP) is 5.07. The van der Waals surface area contributed by atoms with Crippen molar-refractivity contribution >= 4 is 0 Å². The van der Waals surface area contributed by atoms with Crippen LogP contribution in [-0.4, -0.2) is 6.54 Å². The van der Waals surface area contributed by atoms with E-state index in [0.29, 0.717) is 6.04 Å². The number of hydrogen-bond donors (Lipinski definition) is 1. The maximum Gasteiger partial charge on any atom is 0.0369 e. The van der Waals surface area contributed by atoms with Gasteiger partial charge in [-0.25, -0.2) is 0 Å². The summed E-state index contributed by atoms with van der Waals surface area (Å²) in [6.45, 7) is 16.9. The van der Waals surface area contributed by atoms with Crippen LogP contribution >= 0.6 is 0 Å². The highest BCUT2D eigenvalue weighted by molar-refractivity contribution is 5.30. The van der Waals surface area contributed by atoms with Crippen molar-refractivity contribution in [2.75, 3.05) is 6.54 Å². The highest BCUT2D eigenvalue weighted by atomic mass is 14.9. The van der Waals surface area contributed by atoms with Crippen molar-refractivity contribution in [3.8, 4) is 0 Å². The summed E-state index contributed by atoms with van der Waals surface area (Å²) in [6.07, 6.45) is 1.17. The van der Waals surface area contributed by atoms with Gasteiger partial charge in [-0.05, 0) is 34.9 Å². The summed E-state index contributed by atoms with van der Waals surface area (Å²) < 4.78 is 0. The number of nitrogens with one attached hydrogen (secondary N) is 1. The summed E-state index contributed by atoms with van der Waals surface area (Å²) in [7, 11) is 0. The van der Waals surface area contributed by atoms with Crippen LogP contribution in [-0.2, 0) is 5.41 Å². The quantitative estimate of drug-likeness (QED) is 0.780. The van der Waals surface area contributed by atoms with E-state index in [9.17, 15) is 0 Å². The SMILES string of the molecule is CCNC(c1ccc(C(C)(C)CC)cc1)C(C)(C)C. The number of benzene rings is 1. The molecule has 0 aromatic heterocycles. The fourth-order valence-electron chi connectivity index (χ4n) is 2.46. The second-order valence-corrected chi connectivity index (χ2v) is 7.22. The summed E-state index contributed by atoms with van der Waals surface area (Å²) in [5, 5.41) is 3.61. The van der Waals surface area contributed by atoms with Crippen LogP contribution in [0.15, 0.2) is 24.3 Å². The molecular weight excluding hydrogens is 230 g/mol. The molecule has 0 fully saturated rings. The van der Waals surface area contributed by atoms with Crippen molar-refractivity contribution in [3.63, 3.8) is 0 Å². The van der Waals surface area contributed by atoms with E-state index in [1.807, 2.05) is 0 Å². The number of rotatable bonds is 5. The second kappa shape index (κ2) is 6.09. The average Bonchev–Trinajstić information content (AvgIpc) is 2.35. The molecule has 0 aliphatic rings. The minimum atomic E-state index is 0.234. The smallest absolute Gasteiger partial charge is 0.0369 e. The van der Waals surface area contributed by atoms with Crippen LogP contribution < -0.4 is 5.32 Å². The first kappa shape index (κ1) is 16.2. The zero-order chi connectivity index (χ0) is 14.7. The molecule has 1 atom stereocenters. The molecule has 108 valence electrons. The van der Waals surface area contributed by atoms with Crippen LogP contribution in [0.2, 0.25) is 0 Å². The van der Waals surface area contributed by atoms with Crippen LogP contribution in [0.5, 0.6) is 0 Å². The lowest BCUT2D eigenvalue weighted by molar-refractivity contribution is 0.276. The maximum absolute atomic E-state index is 3.61. The third kappa shape index (κ3) is 4.07. The van der Waals surface area contributed by atoms with E-state index in [-0.39, 0.29) is 10.8 Å². The molecule has 0 aliphatic carbocycles. The molecule has 0 bridgehead atoms. The van der Waals surface area contributed by atoms with Gasteiger partial charge in [-0.2, -0.15) is 0 Å². The van der Waals surface area contributed by atoms with Gasteiger partial charge in [0.1, 0.15) is 0 Å². The van der Waals surface area contributed by atoms with Gasteiger partial charge >= 0.3 is 0 Å². The molecule has 1 N–H and O–H groups in total. The van der Waals surface area contributed by atoms with Gasteiger partial charge in [0.25, 0.3) is 0 Å². The molecule has 0 saturated heterocycles. The maximum atomic E-state index is 3.61. The molecule has 1 rings (SSSR count). The third-order valence-corrected chi connectivity index (χ3v) is 4.18. The van der Waals surface area contributed by atoms with E-state index in [1.165, 1.54) is 17.5 Å². The monoisotopic (exact) mass is 261 g/mol. The highest BCUT2D eigenvalue weighted by Crippen LogP contribution is 2.34. The molecule has 0 radical (unpaired) electrons. The van der Waals surface area contributed by atoms with Gasteiger partial charge in [-0.3, -0.25) is 0 Å². The van der Waals surface area contributed by atoms with Gasteiger partial charge in [0, 0.05) is 6.04 Å². The lowest BCUT2D eigenvalue weighted by Gasteiger charge is -2.32. The van der Waals surface area contributed by atoms with Gasteiger partial charge in [0.15, 0.2) is 0 Å². The zero-order valence-corrected chi connectivity index (χ0v) is 13.8. The molecular formula is C18H31N. The van der Waals surface area contributed by atoms with Crippen molar-refractivity contribution in [1.82, 2.24) is 5.32 Å². The van der Waals surface area contributed by atoms with Crippen LogP contribution in [0.25, 0.3) is 0 Å². The molecule has 1 aromatic carbocycles. The first-order valence-electron chi connectivity index (χ1n) is 7.56. The molecule has 1 unspecified atom stereocenters. The van der Waals surface area contributed by atoms with E-state index in [1.54, 1.807) is 0 Å². The molecule has 19 heavy (non-hydrogen) atoms. The van der Waals surface area contributed by atoms with Gasteiger partial charge in [-0.1, -0.05) is 72.7 Å². The third-order valence-electron chi connectivity index (χ3n) is 4.18. The summed E-state index contributed by atoms with van der Waals surface area (Å²) >= 11 is 0. The molecule has 0 amide bonds. The van der Waals surface area contributed by atoms with Crippen molar-refractivity contribution in [3.05, 3.63) is 35.4 Å². The van der Waals surface area contributed by atoms with Crippen LogP contribution in [0, 0.1) is 5.41 Å². The molecule has 0 heterocycles. The van der Waals surface area contributed by atoms with E-state index in [2.05, 4.69) is 78.0 Å². The second-order valence-electron chi connectivity index (χ2n) is 7.22. The first-order chi connectivity index (χ1) is 8.72. The van der Waals surface area contributed by atoms with Gasteiger partial charge in [-0.15, -0.1) is 0 Å². The Bertz CT molecular complexity index is 381. The molecule has 1 nitrogen and oxygen atoms in total. The van der Waals surface area contributed by atoms with Crippen LogP contribution in [0.1, 0.15) is 72.1 Å². The fourth-order valence-corrected chi connectivity index (χ4v) is 2.46. The van der Waals surface area contributed by atoms with E-state index < -0.39 is 0 Å². The summed E-state index contributed by atoms with van der Waals surface area (Å²) in [6, 6.07) is 9.61. The van der Waals surface area contributed by atoms with E-state index in [0.717, 1.165) is 6.54 Å². The Morgan fingerprint density at radius 1 is 0.947 bits per heavy atom. The predicted molar refractivity (Wildman–Crippen MR) is 85.6 cm³/mol. The lowest BCUT2D eigenvalue weighted by Crippen LogP contribution is -2.32. The fraction of sp³-hybridized carbons (Fsp3) is 0.667. The highest BCUT2D eigenvalue weighted by Gasteiger charge is 2.26. The first-order valence-corrected chi connectivity index (χ1v) is 7.56. The molecule has 1 heteroatoms. The Labute approximate surface area is 119 Å². The summed E-state index contributed by atoms with van der Waals surface area (Å²) in [4.78, 5) is 0. The van der Waals surface area contributed by atoms with Crippen molar-refractivity contribution < 1.29 is 0 Å². The number of hydrogen-bond acceptors (Lipinski definition) is 1. The molecule has 1 aromatic rings. The van der Waals surface area contributed by atoms with Crippen LogP contribution in [0.3, 0.4) is 0 Å². The normalized spacial score (nSPS) is 14.5. The van der Waals surface area contributed by atoms with Crippen LogP contribution in [0.4, 0.5) is 0 Å². The van der Waals surface area contributed by atoms with Gasteiger partial charge in [0.05, 0.1) is 0 Å². The Kier molecular flexibility index (Phi) is 5.20. The van der Waals surface area contributed by atoms with Crippen molar-refractivity contribution in [2.24, 2.45) is 5.41 Å². The van der Waals surface area contributed by atoms with Crippen molar-refractivity contribution in [2.45, 2.75) is 66.3 Å². The molecule has 0 spiro atoms. The van der Waals surface area contributed by atoms with E-state index >= 15 is 0 Å². The standard InChI is InChI=1S/C18H31N/c1-8-18(6,7)15-12-10-14(11-13-15)16(19-9-2)17(3,4)5/h10-13,16,19H,8-9H2,1-7H3. The Morgan fingerprint density at radius 3 is 1.84 bits per heavy atom. The van der Waals surface area contributed by atoms with E-state index in [4.69, 9.17) is 0 Å². The van der Waals surface area contributed by atoms with Gasteiger partial charge < -0.3 is 5.32 Å². The Morgan fingerprint density at radius 2 is 1.47 bits per heavy atom. The minimum Gasteiger partial charge on any atom is -0.310 e. The Balaban J connectivity index is 3.02. The Hall–Kier alpha value is -0.820. The van der Waals surface area contributed by atoms with Gasteiger partial charge in [0.2, 0.25) is 0 Å². The molecule has 0 saturated carbocycles. The average molecular weight is 261 g/mol. The largest absolute Gasteiger partial charge is 0.310 e. The minimum absolute atomic E-state index is 0.234. The van der Waals surface area contributed by atoms with Crippen molar-refractivity contribution in [1.29, 1.82) is 0 Å².